The van der Waals surface area contributed by atoms with Crippen molar-refractivity contribution in [1.82, 2.24) is 0 Å². The Labute approximate surface area is 218 Å². The fraction of sp³-hybridized carbons (Fsp3) is 0.433. The Hall–Kier alpha value is -0.747. The summed E-state index contributed by atoms with van der Waals surface area (Å²) in [6, 6.07) is 19.1. The van der Waals surface area contributed by atoms with Gasteiger partial charge in [-0.2, -0.15) is 0 Å². The zero-order valence-electron chi connectivity index (χ0n) is 19.2. The van der Waals surface area contributed by atoms with Gasteiger partial charge in [0.05, 0.1) is 0 Å². The second-order valence-corrected chi connectivity index (χ2v) is 17.6. The molecular weight excluding hydrogens is 522 g/mol. The van der Waals surface area contributed by atoms with Crippen LogP contribution in [0.4, 0.5) is 0 Å². The molecule has 0 spiro atoms. The molecule has 3 saturated carbocycles. The minimum Gasteiger partial charge on any atom is -1.00 e. The Balaban J connectivity index is 0.00000114. The molecule has 5 aliphatic rings. The Morgan fingerprint density at radius 2 is 1.03 bits per heavy atom. The normalized spacial score (nSPS) is 25.0. The van der Waals surface area contributed by atoms with E-state index in [2.05, 4.69) is 63.9 Å². The van der Waals surface area contributed by atoms with Crippen LogP contribution in [0.2, 0.25) is 0 Å². The van der Waals surface area contributed by atoms with Gasteiger partial charge in [0.15, 0.2) is 0 Å². The van der Waals surface area contributed by atoms with Gasteiger partial charge in [-0.1, -0.05) is 0 Å². The molecule has 2 aromatic carbocycles. The van der Waals surface area contributed by atoms with E-state index in [1.54, 1.807) is 33.4 Å². The summed E-state index contributed by atoms with van der Waals surface area (Å²) in [5, 5.41) is 0. The number of hydrogen-bond acceptors (Lipinski definition) is 0. The smallest absolute Gasteiger partial charge is 1.00 e. The summed E-state index contributed by atoms with van der Waals surface area (Å²) in [6.07, 6.45) is 18.5. The van der Waals surface area contributed by atoms with E-state index in [-0.39, 0.29) is 24.8 Å². The molecule has 5 aliphatic carbocycles. The van der Waals surface area contributed by atoms with Gasteiger partial charge in [-0.25, -0.2) is 0 Å². The van der Waals surface area contributed by atoms with Gasteiger partial charge in [-0.05, 0) is 0 Å². The predicted molar refractivity (Wildman–Crippen MR) is 128 cm³/mol. The van der Waals surface area contributed by atoms with Crippen LogP contribution in [0, 0.1) is 11.8 Å². The molecule has 170 valence electrons. The molecule has 0 aromatic heterocycles. The van der Waals surface area contributed by atoms with E-state index in [9.17, 15) is 0 Å². The summed E-state index contributed by atoms with van der Waals surface area (Å²) in [7, 11) is 0. The van der Waals surface area contributed by atoms with Gasteiger partial charge >= 0.3 is 195 Å². The molecule has 7 rings (SSSR count). The van der Waals surface area contributed by atoms with Gasteiger partial charge in [-0.15, -0.1) is 0 Å². The van der Waals surface area contributed by atoms with E-state index >= 15 is 0 Å². The molecule has 2 aromatic rings. The van der Waals surface area contributed by atoms with Crippen LogP contribution in [-0.4, -0.2) is 3.21 Å². The molecule has 0 amide bonds. The summed E-state index contributed by atoms with van der Waals surface area (Å²) in [5.74, 6) is 1.72. The summed E-state index contributed by atoms with van der Waals surface area (Å²) < 4.78 is 3.58. The maximum atomic E-state index is 2.82. The number of allylic oxidation sites excluding steroid dienone is 4. The first-order valence-electron chi connectivity index (χ1n) is 12.7. The molecule has 3 heteroatoms. The summed E-state index contributed by atoms with van der Waals surface area (Å²) in [6.45, 7) is 0. The van der Waals surface area contributed by atoms with Gasteiger partial charge in [0.25, 0.3) is 0 Å². The standard InChI is InChI=1S/2C12H11.C6H10.2ClH.Zr/c2*1-2-4-11-9(3-1)7-8-12(11)10-5-6-10;1-2-4-6-5-3-1;;;/h2*1-4,7-8,10H,5-6H2;1-5H2;2*1H;/q;;;;;+2/p-2. The van der Waals surface area contributed by atoms with Crippen LogP contribution >= 0.6 is 0 Å². The Morgan fingerprint density at radius 3 is 1.48 bits per heavy atom. The summed E-state index contributed by atoms with van der Waals surface area (Å²) in [4.78, 5) is 0. The zero-order valence-corrected chi connectivity index (χ0v) is 23.2. The number of halogens is 2. The molecule has 33 heavy (non-hydrogen) atoms. The number of fused-ring (bicyclic) bond motifs is 2. The largest absolute Gasteiger partial charge is 1.00 e. The Kier molecular flexibility index (Phi) is 7.06. The third-order valence-corrected chi connectivity index (χ3v) is 17.4. The fourth-order valence-corrected chi connectivity index (χ4v) is 16.7. The SMILES string of the molecule is C1=C(C2CC2)c2ccccc2[CH]1[Zr+2](=[C]1CCCCC1)[CH]1C=C(C2CC2)c2ccccc21.[Cl-].[Cl-]. The first-order chi connectivity index (χ1) is 15.4. The second kappa shape index (κ2) is 9.72. The van der Waals surface area contributed by atoms with Crippen molar-refractivity contribution in [2.24, 2.45) is 11.8 Å². The molecule has 3 fully saturated rings. The van der Waals surface area contributed by atoms with Crippen LogP contribution in [0.1, 0.15) is 87.3 Å². The molecule has 0 nitrogen and oxygen atoms in total. The first-order valence-corrected chi connectivity index (χ1v) is 16.8. The van der Waals surface area contributed by atoms with Crippen molar-refractivity contribution >= 4 is 14.4 Å². The third-order valence-electron chi connectivity index (χ3n) is 8.48. The van der Waals surface area contributed by atoms with E-state index < -0.39 is 21.3 Å². The molecule has 0 N–H and O–H groups in total. The van der Waals surface area contributed by atoms with Gasteiger partial charge in [0, 0.05) is 0 Å². The predicted octanol–water partition coefficient (Wildman–Crippen LogP) is 1.85. The summed E-state index contributed by atoms with van der Waals surface area (Å²) >= 11 is -2.01. The minimum absolute atomic E-state index is 0. The van der Waals surface area contributed by atoms with E-state index in [0.29, 0.717) is 0 Å². The molecule has 0 bridgehead atoms. The Morgan fingerprint density at radius 1 is 0.576 bits per heavy atom. The van der Waals surface area contributed by atoms with Crippen molar-refractivity contribution in [2.45, 2.75) is 65.0 Å². The van der Waals surface area contributed by atoms with Gasteiger partial charge < -0.3 is 24.8 Å². The average molecular weight is 555 g/mol. The van der Waals surface area contributed by atoms with E-state index in [1.807, 2.05) is 0 Å². The van der Waals surface area contributed by atoms with Crippen LogP contribution in [-0.2, 0) is 21.3 Å². The minimum atomic E-state index is -2.01. The monoisotopic (exact) mass is 552 g/mol. The van der Waals surface area contributed by atoms with Crippen molar-refractivity contribution in [3.63, 3.8) is 0 Å². The van der Waals surface area contributed by atoms with Crippen molar-refractivity contribution < 1.29 is 46.1 Å². The van der Waals surface area contributed by atoms with Gasteiger partial charge in [-0.3, -0.25) is 0 Å². The van der Waals surface area contributed by atoms with Crippen LogP contribution < -0.4 is 24.8 Å². The number of benzene rings is 2. The number of hydrogen-bond donors (Lipinski definition) is 0. The van der Waals surface area contributed by atoms with Crippen LogP contribution in [0.3, 0.4) is 0 Å². The molecule has 0 saturated heterocycles. The average Bonchev–Trinajstić information content (AvgIpc) is 3.77. The van der Waals surface area contributed by atoms with Crippen molar-refractivity contribution in [3.05, 3.63) is 82.9 Å². The van der Waals surface area contributed by atoms with Crippen LogP contribution in [0.15, 0.2) is 60.7 Å². The zero-order chi connectivity index (χ0) is 20.4. The van der Waals surface area contributed by atoms with Gasteiger partial charge in [0.2, 0.25) is 0 Å². The van der Waals surface area contributed by atoms with Crippen LogP contribution in [0.5, 0.6) is 0 Å². The first kappa shape index (κ1) is 24.0. The van der Waals surface area contributed by atoms with Crippen molar-refractivity contribution in [3.8, 4) is 0 Å². The molecule has 0 aliphatic heterocycles. The van der Waals surface area contributed by atoms with Crippen LogP contribution in [0.25, 0.3) is 11.1 Å². The molecular formula is C30H32Cl2Zr. The summed E-state index contributed by atoms with van der Waals surface area (Å²) in [5.41, 5.74) is 10.1. The molecule has 2 atom stereocenters. The van der Waals surface area contributed by atoms with Crippen molar-refractivity contribution in [2.75, 3.05) is 0 Å². The Bertz CT molecular complexity index is 1060. The topological polar surface area (TPSA) is 0 Å². The van der Waals surface area contributed by atoms with E-state index in [0.717, 1.165) is 19.1 Å². The molecule has 2 unspecified atom stereocenters. The van der Waals surface area contributed by atoms with Crippen molar-refractivity contribution in [1.29, 1.82) is 0 Å². The van der Waals surface area contributed by atoms with E-state index in [1.165, 1.54) is 57.8 Å². The van der Waals surface area contributed by atoms with E-state index in [4.69, 9.17) is 0 Å². The fourth-order valence-electron chi connectivity index (χ4n) is 6.70. The maximum Gasteiger partial charge on any atom is -1.00 e. The second-order valence-electron chi connectivity index (χ2n) is 10.5. The van der Waals surface area contributed by atoms with Gasteiger partial charge in [0.1, 0.15) is 0 Å². The third kappa shape index (κ3) is 4.26. The maximum absolute atomic E-state index is 2.82. The number of rotatable bonds is 4. The molecule has 0 heterocycles. The molecule has 0 radical (unpaired) electrons. The quantitative estimate of drug-likeness (QED) is 0.542.